The molecule has 2 bridgehead atoms. The van der Waals surface area contributed by atoms with E-state index in [2.05, 4.69) is 15.2 Å². The Morgan fingerprint density at radius 1 is 1.12 bits per heavy atom. The second-order valence-electron chi connectivity index (χ2n) is 8.57. The average molecular weight is 457 g/mol. The minimum absolute atomic E-state index is 0.0204. The summed E-state index contributed by atoms with van der Waals surface area (Å²) in [5.74, 6) is 0.380. The van der Waals surface area contributed by atoms with E-state index in [-0.39, 0.29) is 35.8 Å². The standard InChI is InChI=1S/C23H22F3N5O2/c1-13-4-3-5-17(21(13)31-28-8-9-29-31)22(32)30-14(2)15-10-18(30)19(11-15)33-16-6-7-20(27-12-16)23(24,25)26/h3-9,12,14-15,18-19H,10-11H2,1-2H3/t14?,15?,18?,19-/m0/s1. The summed E-state index contributed by atoms with van der Waals surface area (Å²) in [6.07, 6.45) is 0.909. The van der Waals surface area contributed by atoms with Crippen LogP contribution in [-0.2, 0) is 6.18 Å². The maximum atomic E-state index is 13.7. The van der Waals surface area contributed by atoms with Gasteiger partial charge in [-0.3, -0.25) is 4.79 Å². The number of aryl methyl sites for hydroxylation is 1. The third-order valence-corrected chi connectivity index (χ3v) is 6.62. The molecule has 0 spiro atoms. The largest absolute Gasteiger partial charge is 0.487 e. The lowest BCUT2D eigenvalue weighted by Gasteiger charge is -2.38. The highest BCUT2D eigenvalue weighted by Crippen LogP contribution is 2.45. The van der Waals surface area contributed by atoms with Crippen LogP contribution in [0.4, 0.5) is 13.2 Å². The van der Waals surface area contributed by atoms with Crippen molar-refractivity contribution in [1.29, 1.82) is 0 Å². The molecule has 1 amide bonds. The fraction of sp³-hybridized carbons (Fsp3) is 0.391. The molecule has 2 aromatic heterocycles. The van der Waals surface area contributed by atoms with Gasteiger partial charge in [-0.15, -0.1) is 0 Å². The number of alkyl halides is 3. The van der Waals surface area contributed by atoms with E-state index in [1.54, 1.807) is 18.5 Å². The number of aromatic nitrogens is 4. The van der Waals surface area contributed by atoms with Crippen LogP contribution in [-0.4, -0.2) is 49.0 Å². The molecule has 3 heterocycles. The molecule has 5 rings (SSSR count). The Morgan fingerprint density at radius 3 is 2.52 bits per heavy atom. The molecule has 1 saturated carbocycles. The number of carbonyl (C=O) groups excluding carboxylic acids is 1. The summed E-state index contributed by atoms with van der Waals surface area (Å²) < 4.78 is 44.4. The third-order valence-electron chi connectivity index (χ3n) is 6.62. The predicted molar refractivity (Wildman–Crippen MR) is 112 cm³/mol. The number of pyridine rings is 1. The normalized spacial score (nSPS) is 24.3. The van der Waals surface area contributed by atoms with E-state index in [0.29, 0.717) is 11.3 Å². The van der Waals surface area contributed by atoms with Crippen molar-refractivity contribution < 1.29 is 22.7 Å². The van der Waals surface area contributed by atoms with Gasteiger partial charge in [0.25, 0.3) is 5.91 Å². The quantitative estimate of drug-likeness (QED) is 0.591. The number of hydrogen-bond acceptors (Lipinski definition) is 5. The number of carbonyl (C=O) groups is 1. The minimum atomic E-state index is -4.50. The molecule has 7 nitrogen and oxygen atoms in total. The number of amides is 1. The molecule has 1 aromatic carbocycles. The van der Waals surface area contributed by atoms with Gasteiger partial charge in [-0.1, -0.05) is 12.1 Å². The molecule has 0 radical (unpaired) electrons. The lowest BCUT2D eigenvalue weighted by atomic mass is 9.97. The first-order valence-corrected chi connectivity index (χ1v) is 10.7. The first-order valence-electron chi connectivity index (χ1n) is 10.7. The van der Waals surface area contributed by atoms with Gasteiger partial charge in [0, 0.05) is 6.04 Å². The molecule has 1 saturated heterocycles. The van der Waals surface area contributed by atoms with Gasteiger partial charge in [-0.2, -0.15) is 28.2 Å². The predicted octanol–water partition coefficient (Wildman–Crippen LogP) is 4.06. The molecule has 1 aliphatic heterocycles. The number of rotatable bonds is 4. The molecule has 172 valence electrons. The molecule has 2 aliphatic rings. The second-order valence-corrected chi connectivity index (χ2v) is 8.57. The fourth-order valence-electron chi connectivity index (χ4n) is 5.05. The van der Waals surface area contributed by atoms with Crippen LogP contribution >= 0.6 is 0 Å². The maximum Gasteiger partial charge on any atom is 0.433 e. The van der Waals surface area contributed by atoms with Crippen molar-refractivity contribution in [3.63, 3.8) is 0 Å². The first kappa shape index (κ1) is 21.4. The number of likely N-dealkylation sites (tertiary alicyclic amines) is 1. The Labute approximate surface area is 188 Å². The highest BCUT2D eigenvalue weighted by molar-refractivity contribution is 5.99. The summed E-state index contributed by atoms with van der Waals surface area (Å²) in [6, 6.07) is 7.52. The van der Waals surface area contributed by atoms with Gasteiger partial charge in [0.15, 0.2) is 0 Å². The third kappa shape index (κ3) is 3.73. The topological polar surface area (TPSA) is 73.1 Å². The lowest BCUT2D eigenvalue weighted by Crippen LogP contribution is -2.51. The van der Waals surface area contributed by atoms with Gasteiger partial charge in [0.05, 0.1) is 30.2 Å². The minimum Gasteiger partial charge on any atom is -0.487 e. The van der Waals surface area contributed by atoms with Crippen LogP contribution < -0.4 is 4.74 Å². The molecule has 2 fully saturated rings. The molecule has 10 heteroatoms. The summed E-state index contributed by atoms with van der Waals surface area (Å²) in [6.45, 7) is 3.93. The molecular formula is C23H22F3N5O2. The monoisotopic (exact) mass is 457 g/mol. The van der Waals surface area contributed by atoms with Gasteiger partial charge < -0.3 is 9.64 Å². The number of benzene rings is 1. The summed E-state index contributed by atoms with van der Waals surface area (Å²) in [5.41, 5.74) is 1.04. The van der Waals surface area contributed by atoms with Crippen LogP contribution in [0.15, 0.2) is 48.9 Å². The number of nitrogens with zero attached hydrogens (tertiary/aromatic N) is 5. The molecule has 33 heavy (non-hydrogen) atoms. The van der Waals surface area contributed by atoms with Crippen LogP contribution in [0.3, 0.4) is 0 Å². The second kappa shape index (κ2) is 7.86. The summed E-state index contributed by atoms with van der Waals surface area (Å²) in [4.78, 5) is 20.5. The Balaban J connectivity index is 1.40. The highest BCUT2D eigenvalue weighted by atomic mass is 19.4. The van der Waals surface area contributed by atoms with Crippen LogP contribution in [0.1, 0.15) is 41.4 Å². The summed E-state index contributed by atoms with van der Waals surface area (Å²) in [7, 11) is 0. The van der Waals surface area contributed by atoms with Gasteiger partial charge in [-0.25, -0.2) is 4.98 Å². The smallest absolute Gasteiger partial charge is 0.433 e. The highest BCUT2D eigenvalue weighted by Gasteiger charge is 2.53. The lowest BCUT2D eigenvalue weighted by molar-refractivity contribution is -0.141. The van der Waals surface area contributed by atoms with Crippen LogP contribution in [0.25, 0.3) is 5.69 Å². The number of fused-ring (bicyclic) bond motifs is 2. The van der Waals surface area contributed by atoms with Crippen molar-refractivity contribution in [2.75, 3.05) is 0 Å². The van der Waals surface area contributed by atoms with Crippen LogP contribution in [0.2, 0.25) is 0 Å². The Hall–Kier alpha value is -3.43. The van der Waals surface area contributed by atoms with E-state index in [0.717, 1.165) is 30.7 Å². The summed E-state index contributed by atoms with van der Waals surface area (Å²) >= 11 is 0. The Bertz CT molecular complexity index is 1160. The Morgan fingerprint density at radius 2 is 1.88 bits per heavy atom. The number of halogens is 3. The Kier molecular flexibility index (Phi) is 5.10. The maximum absolute atomic E-state index is 13.7. The number of piperidine rings is 1. The van der Waals surface area contributed by atoms with Crippen molar-refractivity contribution in [3.8, 4) is 11.4 Å². The first-order chi connectivity index (χ1) is 15.7. The molecular weight excluding hydrogens is 435 g/mol. The molecule has 3 unspecified atom stereocenters. The van der Waals surface area contributed by atoms with E-state index in [1.807, 2.05) is 30.9 Å². The van der Waals surface area contributed by atoms with E-state index in [1.165, 1.54) is 10.9 Å². The van der Waals surface area contributed by atoms with Crippen LogP contribution in [0.5, 0.6) is 5.75 Å². The van der Waals surface area contributed by atoms with Crippen molar-refractivity contribution >= 4 is 5.91 Å². The van der Waals surface area contributed by atoms with Gasteiger partial charge in [0.1, 0.15) is 23.2 Å². The fourth-order valence-corrected chi connectivity index (χ4v) is 5.05. The van der Waals surface area contributed by atoms with E-state index in [9.17, 15) is 18.0 Å². The van der Waals surface area contributed by atoms with Crippen LogP contribution in [0, 0.1) is 12.8 Å². The molecule has 4 atom stereocenters. The molecule has 1 aliphatic carbocycles. The van der Waals surface area contributed by atoms with E-state index in [4.69, 9.17) is 4.74 Å². The van der Waals surface area contributed by atoms with Gasteiger partial charge >= 0.3 is 6.18 Å². The zero-order valence-corrected chi connectivity index (χ0v) is 18.0. The average Bonchev–Trinajstić information content (AvgIpc) is 3.50. The number of hydrogen-bond donors (Lipinski definition) is 0. The van der Waals surface area contributed by atoms with Crippen molar-refractivity contribution in [3.05, 3.63) is 65.7 Å². The number of ether oxygens (including phenoxy) is 1. The van der Waals surface area contributed by atoms with Crippen molar-refractivity contribution in [1.82, 2.24) is 24.9 Å². The summed E-state index contributed by atoms with van der Waals surface area (Å²) in [5, 5.41) is 8.40. The van der Waals surface area contributed by atoms with Crippen molar-refractivity contribution in [2.45, 2.75) is 51.1 Å². The van der Waals surface area contributed by atoms with E-state index < -0.39 is 11.9 Å². The van der Waals surface area contributed by atoms with Crippen molar-refractivity contribution in [2.24, 2.45) is 5.92 Å². The zero-order valence-electron chi connectivity index (χ0n) is 18.0. The number of para-hydroxylation sites is 1. The van der Waals surface area contributed by atoms with E-state index >= 15 is 0 Å². The van der Waals surface area contributed by atoms with Gasteiger partial charge in [-0.05, 0) is 56.4 Å². The zero-order chi connectivity index (χ0) is 23.3. The SMILES string of the molecule is Cc1cccc(C(=O)N2C(C)C3CC2[C@@H](Oc2ccc(C(F)(F)F)nc2)C3)c1-n1nccn1. The molecule has 0 N–H and O–H groups in total. The molecule has 3 aromatic rings. The van der Waals surface area contributed by atoms with Gasteiger partial charge in [0.2, 0.25) is 0 Å².